The maximum absolute atomic E-state index is 12.1. The van der Waals surface area contributed by atoms with Gasteiger partial charge in [0.2, 0.25) is 5.76 Å². The zero-order chi connectivity index (χ0) is 16.4. The summed E-state index contributed by atoms with van der Waals surface area (Å²) in [5.41, 5.74) is 2.36. The third-order valence-electron chi connectivity index (χ3n) is 4.32. The van der Waals surface area contributed by atoms with Gasteiger partial charge < -0.3 is 9.47 Å². The molecule has 0 N–H and O–H groups in total. The number of ether oxygens (including phenoxy) is 2. The van der Waals surface area contributed by atoms with Gasteiger partial charge in [-0.1, -0.05) is 68.4 Å². The summed E-state index contributed by atoms with van der Waals surface area (Å²) in [4.78, 5) is 12.1. The van der Waals surface area contributed by atoms with Gasteiger partial charge >= 0.3 is 5.97 Å². The Morgan fingerprint density at radius 1 is 1.04 bits per heavy atom. The van der Waals surface area contributed by atoms with Crippen LogP contribution >= 0.6 is 0 Å². The zero-order valence-electron chi connectivity index (χ0n) is 13.6. The van der Waals surface area contributed by atoms with E-state index in [1.165, 1.54) is 7.11 Å². The second kappa shape index (κ2) is 5.92. The van der Waals surface area contributed by atoms with E-state index >= 15 is 0 Å². The summed E-state index contributed by atoms with van der Waals surface area (Å²) < 4.78 is 11.2. The third kappa shape index (κ3) is 2.42. The van der Waals surface area contributed by atoms with Crippen molar-refractivity contribution in [1.29, 1.82) is 0 Å². The molecule has 0 bridgehead atoms. The Morgan fingerprint density at radius 3 is 2.35 bits per heavy atom. The molecule has 3 heteroatoms. The molecule has 3 nitrogen and oxygen atoms in total. The number of fused-ring (bicyclic) bond motifs is 1. The zero-order valence-corrected chi connectivity index (χ0v) is 13.6. The van der Waals surface area contributed by atoms with Crippen LogP contribution in [0.15, 0.2) is 60.4 Å². The molecule has 1 heterocycles. The van der Waals surface area contributed by atoms with E-state index in [1.807, 2.05) is 48.5 Å². The number of methoxy groups -OCH3 is 1. The fourth-order valence-corrected chi connectivity index (χ4v) is 3.22. The average Bonchev–Trinajstić information content (AvgIpc) is 2.60. The van der Waals surface area contributed by atoms with Gasteiger partial charge in [-0.05, 0) is 11.6 Å². The van der Waals surface area contributed by atoms with Crippen LogP contribution in [0.4, 0.5) is 0 Å². The van der Waals surface area contributed by atoms with Gasteiger partial charge in [0, 0.05) is 17.0 Å². The second-order valence-electron chi connectivity index (χ2n) is 5.95. The van der Waals surface area contributed by atoms with Crippen LogP contribution in [0.25, 0.3) is 6.08 Å². The molecule has 23 heavy (non-hydrogen) atoms. The minimum absolute atomic E-state index is 0.124. The van der Waals surface area contributed by atoms with E-state index < -0.39 is 11.6 Å². The van der Waals surface area contributed by atoms with Gasteiger partial charge in [-0.2, -0.15) is 0 Å². The first-order chi connectivity index (χ1) is 11.1. The van der Waals surface area contributed by atoms with E-state index in [0.29, 0.717) is 0 Å². The molecule has 0 amide bonds. The molecule has 1 aliphatic heterocycles. The molecular weight excluding hydrogens is 288 g/mol. The van der Waals surface area contributed by atoms with Crippen molar-refractivity contribution in [3.05, 3.63) is 77.0 Å². The highest BCUT2D eigenvalue weighted by atomic mass is 16.6. The van der Waals surface area contributed by atoms with E-state index in [1.54, 1.807) is 6.08 Å². The van der Waals surface area contributed by atoms with Crippen molar-refractivity contribution in [3.63, 3.8) is 0 Å². The van der Waals surface area contributed by atoms with Crippen LogP contribution in [0.3, 0.4) is 0 Å². The van der Waals surface area contributed by atoms with Crippen molar-refractivity contribution >= 4 is 12.0 Å². The lowest BCUT2D eigenvalue weighted by Gasteiger charge is -2.42. The topological polar surface area (TPSA) is 35.5 Å². The molecule has 3 rings (SSSR count). The molecule has 0 aliphatic carbocycles. The van der Waals surface area contributed by atoms with E-state index in [2.05, 4.69) is 19.9 Å². The molecule has 1 unspecified atom stereocenters. The number of hydrogen-bond acceptors (Lipinski definition) is 3. The van der Waals surface area contributed by atoms with Gasteiger partial charge in [0.15, 0.2) is 5.60 Å². The van der Waals surface area contributed by atoms with Crippen LogP contribution in [0.5, 0.6) is 0 Å². The Hall–Kier alpha value is -2.55. The highest BCUT2D eigenvalue weighted by Crippen LogP contribution is 2.46. The van der Waals surface area contributed by atoms with Crippen molar-refractivity contribution in [3.8, 4) is 0 Å². The molecule has 2 aromatic carbocycles. The van der Waals surface area contributed by atoms with Crippen LogP contribution in [-0.4, -0.2) is 13.1 Å². The molecule has 2 aromatic rings. The number of benzene rings is 2. The summed E-state index contributed by atoms with van der Waals surface area (Å²) in [7, 11) is 1.37. The van der Waals surface area contributed by atoms with E-state index in [0.717, 1.165) is 16.7 Å². The normalized spacial score (nSPS) is 19.6. The minimum atomic E-state index is -0.712. The lowest BCUT2D eigenvalue weighted by molar-refractivity contribution is -0.144. The highest BCUT2D eigenvalue weighted by molar-refractivity contribution is 5.92. The Labute approximate surface area is 136 Å². The van der Waals surface area contributed by atoms with E-state index in [9.17, 15) is 4.79 Å². The molecule has 0 spiro atoms. The SMILES string of the molecule is COC(=O)C1=Cc2ccccc2C(c2ccccc2)(C(C)C)O1. The minimum Gasteiger partial charge on any atom is -0.470 e. The molecular formula is C20H20O3. The second-order valence-corrected chi connectivity index (χ2v) is 5.95. The molecule has 0 fully saturated rings. The maximum Gasteiger partial charge on any atom is 0.373 e. The number of hydrogen-bond donors (Lipinski definition) is 0. The highest BCUT2D eigenvalue weighted by Gasteiger charge is 2.45. The molecule has 0 saturated heterocycles. The quantitative estimate of drug-likeness (QED) is 0.800. The molecule has 0 aromatic heterocycles. The summed E-state index contributed by atoms with van der Waals surface area (Å²) in [5.74, 6) is -0.0939. The largest absolute Gasteiger partial charge is 0.470 e. The average molecular weight is 308 g/mol. The van der Waals surface area contributed by atoms with Gasteiger partial charge in [-0.25, -0.2) is 4.79 Å². The molecule has 0 saturated carbocycles. The number of carbonyl (C=O) groups is 1. The van der Waals surface area contributed by atoms with Gasteiger partial charge in [-0.15, -0.1) is 0 Å². The third-order valence-corrected chi connectivity index (χ3v) is 4.32. The molecule has 118 valence electrons. The fraction of sp³-hybridized carbons (Fsp3) is 0.250. The lowest BCUT2D eigenvalue weighted by Crippen LogP contribution is -2.40. The maximum atomic E-state index is 12.1. The standard InChI is InChI=1S/C20H20O3/c1-14(2)20(16-10-5-4-6-11-16)17-12-8-7-9-15(17)13-18(23-20)19(21)22-3/h4-14H,1-3H3. The first-order valence-electron chi connectivity index (χ1n) is 7.73. The summed E-state index contributed by atoms with van der Waals surface area (Å²) >= 11 is 0. The predicted molar refractivity (Wildman–Crippen MR) is 89.6 cm³/mol. The number of carbonyl (C=O) groups excluding carboxylic acids is 1. The van der Waals surface area contributed by atoms with Crippen LogP contribution in [0.1, 0.15) is 30.5 Å². The molecule has 0 radical (unpaired) electrons. The summed E-state index contributed by atoms with van der Waals surface area (Å²) in [6.07, 6.45) is 1.75. The summed E-state index contributed by atoms with van der Waals surface area (Å²) in [6, 6.07) is 18.1. The lowest BCUT2D eigenvalue weighted by atomic mass is 9.74. The Bertz CT molecular complexity index is 746. The van der Waals surface area contributed by atoms with Crippen LogP contribution in [0, 0.1) is 5.92 Å². The monoisotopic (exact) mass is 308 g/mol. The van der Waals surface area contributed by atoms with Gasteiger partial charge in [0.1, 0.15) is 0 Å². The first kappa shape index (κ1) is 15.3. The van der Waals surface area contributed by atoms with Crippen molar-refractivity contribution in [2.75, 3.05) is 7.11 Å². The van der Waals surface area contributed by atoms with Crippen LogP contribution < -0.4 is 0 Å². The Kier molecular flexibility index (Phi) is 3.95. The van der Waals surface area contributed by atoms with Crippen molar-refractivity contribution in [1.82, 2.24) is 0 Å². The van der Waals surface area contributed by atoms with Gasteiger partial charge in [0.05, 0.1) is 7.11 Å². The fourth-order valence-electron chi connectivity index (χ4n) is 3.22. The van der Waals surface area contributed by atoms with Gasteiger partial charge in [-0.3, -0.25) is 0 Å². The Morgan fingerprint density at radius 2 is 1.70 bits per heavy atom. The number of esters is 1. The van der Waals surface area contributed by atoms with E-state index in [4.69, 9.17) is 9.47 Å². The smallest absolute Gasteiger partial charge is 0.373 e. The molecule has 1 atom stereocenters. The number of rotatable bonds is 3. The first-order valence-corrected chi connectivity index (χ1v) is 7.73. The van der Waals surface area contributed by atoms with Crippen molar-refractivity contribution in [2.24, 2.45) is 5.92 Å². The Balaban J connectivity index is 2.28. The van der Waals surface area contributed by atoms with Crippen molar-refractivity contribution < 1.29 is 14.3 Å². The summed E-state index contributed by atoms with van der Waals surface area (Å²) in [5, 5.41) is 0. The summed E-state index contributed by atoms with van der Waals surface area (Å²) in [6.45, 7) is 4.20. The van der Waals surface area contributed by atoms with E-state index in [-0.39, 0.29) is 11.7 Å². The van der Waals surface area contributed by atoms with Crippen LogP contribution in [-0.2, 0) is 19.9 Å². The van der Waals surface area contributed by atoms with Crippen molar-refractivity contribution in [2.45, 2.75) is 19.4 Å². The molecule has 1 aliphatic rings. The van der Waals surface area contributed by atoms with Crippen LogP contribution in [0.2, 0.25) is 0 Å². The van der Waals surface area contributed by atoms with Gasteiger partial charge in [0.25, 0.3) is 0 Å². The predicted octanol–water partition coefficient (Wildman–Crippen LogP) is 4.13.